The lowest BCUT2D eigenvalue weighted by atomic mass is 10.1. The summed E-state index contributed by atoms with van der Waals surface area (Å²) >= 11 is 5.42. The fourth-order valence-electron chi connectivity index (χ4n) is 4.29. The molecule has 41 heavy (non-hydrogen) atoms. The second-order valence-corrected chi connectivity index (χ2v) is 11.7. The van der Waals surface area contributed by atoms with Crippen LogP contribution in [0.15, 0.2) is 65.7 Å². The molecule has 0 spiro atoms. The van der Waals surface area contributed by atoms with Gasteiger partial charge in [0.2, 0.25) is 6.10 Å². The third-order valence-corrected chi connectivity index (χ3v) is 6.76. The highest BCUT2D eigenvalue weighted by molar-refractivity contribution is 6.30. The van der Waals surface area contributed by atoms with E-state index in [1.165, 1.54) is 6.07 Å². The molecule has 3 atom stereocenters. The average molecular weight is 596 g/mol. The molecular weight excluding hydrogens is 563 g/mol. The molecule has 222 valence electrons. The van der Waals surface area contributed by atoms with Crippen LogP contribution >= 0.6 is 11.6 Å². The zero-order valence-electron chi connectivity index (χ0n) is 23.4. The van der Waals surface area contributed by atoms with E-state index in [1.807, 2.05) is 6.07 Å². The zero-order valence-corrected chi connectivity index (χ0v) is 24.1. The monoisotopic (exact) mass is 595 g/mol. The summed E-state index contributed by atoms with van der Waals surface area (Å²) in [6.45, 7) is 8.28. The van der Waals surface area contributed by atoms with Gasteiger partial charge in [0.1, 0.15) is 22.1 Å². The minimum Gasteiger partial charge on any atom is -0.460 e. The first-order valence-electron chi connectivity index (χ1n) is 13.0. The predicted molar refractivity (Wildman–Crippen MR) is 146 cm³/mol. The Bertz CT molecular complexity index is 1290. The Hall–Kier alpha value is -3.53. The Labute approximate surface area is 242 Å². The zero-order chi connectivity index (χ0) is 30.6. The maximum atomic E-state index is 13.2. The fraction of sp³-hybridized carbons (Fsp3) is 0.433. The first kappa shape index (κ1) is 32.0. The summed E-state index contributed by atoms with van der Waals surface area (Å²) in [6.07, 6.45) is -5.54. The highest BCUT2D eigenvalue weighted by Crippen LogP contribution is 2.60. The van der Waals surface area contributed by atoms with Crippen molar-refractivity contribution in [2.24, 2.45) is 17.3 Å². The molecule has 3 unspecified atom stereocenters. The lowest BCUT2D eigenvalue weighted by molar-refractivity contribution is -0.159. The molecule has 11 heteroatoms. The van der Waals surface area contributed by atoms with Gasteiger partial charge in [0.05, 0.1) is 12.3 Å². The lowest BCUT2D eigenvalue weighted by Gasteiger charge is -2.21. The topological polar surface area (TPSA) is 90.9 Å². The van der Waals surface area contributed by atoms with Crippen LogP contribution < -0.4 is 10.1 Å². The van der Waals surface area contributed by atoms with Crippen LogP contribution in [0.2, 0.25) is 0 Å². The first-order valence-corrected chi connectivity index (χ1v) is 13.3. The van der Waals surface area contributed by atoms with Crippen LogP contribution in [-0.2, 0) is 23.9 Å². The standard InChI is InChI=1S/C30H33ClF3NO6/c1-28(2,3)41-23(36)14-15-35-26(37)25(18-10-9-13-20(16-18)39-19-11-7-6-8-12-19)40-27(38)24-21(29(24,4)5)17-22(31)30(32,33)34/h6-13,16-17,21,24-25H,14-15H2,1-5H3,(H,35,37)/b22-17-. The Morgan fingerprint density at radius 1 is 1.02 bits per heavy atom. The van der Waals surface area contributed by atoms with E-state index in [2.05, 4.69) is 5.32 Å². The average Bonchev–Trinajstić information content (AvgIpc) is 3.40. The molecule has 1 fully saturated rings. The normalized spacial score (nSPS) is 19.1. The number of halogens is 4. The van der Waals surface area contributed by atoms with Crippen molar-refractivity contribution in [2.75, 3.05) is 6.54 Å². The van der Waals surface area contributed by atoms with Crippen LogP contribution in [0.3, 0.4) is 0 Å². The number of esters is 2. The molecule has 1 aliphatic rings. The molecule has 2 aromatic carbocycles. The van der Waals surface area contributed by atoms with Crippen molar-refractivity contribution in [1.82, 2.24) is 5.32 Å². The van der Waals surface area contributed by atoms with E-state index < -0.39 is 58.0 Å². The van der Waals surface area contributed by atoms with Gasteiger partial charge in [-0.1, -0.05) is 61.9 Å². The van der Waals surface area contributed by atoms with E-state index >= 15 is 0 Å². The minimum atomic E-state index is -4.75. The van der Waals surface area contributed by atoms with E-state index in [0.29, 0.717) is 11.5 Å². The highest BCUT2D eigenvalue weighted by atomic mass is 35.5. The van der Waals surface area contributed by atoms with Crippen LogP contribution in [-0.4, -0.2) is 36.2 Å². The predicted octanol–water partition coefficient (Wildman–Crippen LogP) is 6.87. The number of allylic oxidation sites excluding steroid dienone is 2. The van der Waals surface area contributed by atoms with E-state index in [9.17, 15) is 27.6 Å². The SMILES string of the molecule is CC(C)(C)OC(=O)CCNC(=O)C(OC(=O)C1C(/C=C(\Cl)C(F)(F)F)C1(C)C)c1cccc(Oc2ccccc2)c1. The van der Waals surface area contributed by atoms with Crippen molar-refractivity contribution in [3.8, 4) is 11.5 Å². The third kappa shape index (κ3) is 8.98. The second-order valence-electron chi connectivity index (χ2n) is 11.3. The molecule has 0 aromatic heterocycles. The van der Waals surface area contributed by atoms with E-state index in [0.717, 1.165) is 6.08 Å². The van der Waals surface area contributed by atoms with Crippen molar-refractivity contribution in [1.29, 1.82) is 0 Å². The van der Waals surface area contributed by atoms with Gasteiger partial charge in [0.15, 0.2) is 0 Å². The van der Waals surface area contributed by atoms with Crippen molar-refractivity contribution < 1.29 is 41.8 Å². The van der Waals surface area contributed by atoms with Gasteiger partial charge in [0.25, 0.3) is 5.91 Å². The van der Waals surface area contributed by atoms with Gasteiger partial charge in [-0.3, -0.25) is 14.4 Å². The molecule has 1 saturated carbocycles. The van der Waals surface area contributed by atoms with Crippen molar-refractivity contribution >= 4 is 29.4 Å². The van der Waals surface area contributed by atoms with Crippen molar-refractivity contribution in [3.63, 3.8) is 0 Å². The number of hydrogen-bond acceptors (Lipinski definition) is 6. The van der Waals surface area contributed by atoms with Gasteiger partial charge in [-0.05, 0) is 56.4 Å². The number of carbonyl (C=O) groups is 3. The molecule has 0 aliphatic heterocycles. The van der Waals surface area contributed by atoms with Crippen LogP contribution in [0.1, 0.15) is 52.7 Å². The molecule has 3 rings (SSSR count). The number of nitrogens with one attached hydrogen (secondary N) is 1. The van der Waals surface area contributed by atoms with Gasteiger partial charge in [0, 0.05) is 12.1 Å². The molecule has 0 radical (unpaired) electrons. The summed E-state index contributed by atoms with van der Waals surface area (Å²) in [4.78, 5) is 38.5. The molecule has 0 saturated heterocycles. The second kappa shape index (κ2) is 12.5. The number of ether oxygens (including phenoxy) is 3. The van der Waals surface area contributed by atoms with Crippen LogP contribution in [0.4, 0.5) is 13.2 Å². The fourth-order valence-corrected chi connectivity index (χ4v) is 4.43. The smallest absolute Gasteiger partial charge is 0.426 e. The molecule has 1 amide bonds. The van der Waals surface area contributed by atoms with Crippen molar-refractivity contribution in [3.05, 3.63) is 71.3 Å². The summed E-state index contributed by atoms with van der Waals surface area (Å²) in [7, 11) is 0. The molecule has 0 heterocycles. The van der Waals surface area contributed by atoms with E-state index in [1.54, 1.807) is 77.1 Å². The van der Waals surface area contributed by atoms with Crippen LogP contribution in [0.5, 0.6) is 11.5 Å². The van der Waals surface area contributed by atoms with Gasteiger partial charge in [-0.25, -0.2) is 0 Å². The van der Waals surface area contributed by atoms with Gasteiger partial charge in [-0.2, -0.15) is 13.2 Å². The van der Waals surface area contributed by atoms with Gasteiger partial charge >= 0.3 is 18.1 Å². The van der Waals surface area contributed by atoms with Crippen molar-refractivity contribution in [2.45, 2.75) is 58.9 Å². The molecule has 2 aromatic rings. The maximum absolute atomic E-state index is 13.2. The number of carbonyl (C=O) groups excluding carboxylic acids is 3. The summed E-state index contributed by atoms with van der Waals surface area (Å²) in [5, 5.41) is 1.25. The van der Waals surface area contributed by atoms with E-state index in [4.69, 9.17) is 25.8 Å². The van der Waals surface area contributed by atoms with Gasteiger partial charge < -0.3 is 19.5 Å². The minimum absolute atomic E-state index is 0.0938. The number of amides is 1. The Kier molecular flexibility index (Phi) is 9.79. The molecule has 7 nitrogen and oxygen atoms in total. The summed E-state index contributed by atoms with van der Waals surface area (Å²) < 4.78 is 55.7. The molecular formula is C30H33ClF3NO6. The highest BCUT2D eigenvalue weighted by Gasteiger charge is 2.62. The maximum Gasteiger partial charge on any atom is 0.426 e. The quantitative estimate of drug-likeness (QED) is 0.302. The number of benzene rings is 2. The number of para-hydroxylation sites is 1. The summed E-state index contributed by atoms with van der Waals surface area (Å²) in [6, 6.07) is 15.2. The Morgan fingerprint density at radius 3 is 2.27 bits per heavy atom. The largest absolute Gasteiger partial charge is 0.460 e. The van der Waals surface area contributed by atoms with Crippen LogP contribution in [0, 0.1) is 17.3 Å². The Morgan fingerprint density at radius 2 is 1.66 bits per heavy atom. The lowest BCUT2D eigenvalue weighted by Crippen LogP contribution is -2.35. The summed E-state index contributed by atoms with van der Waals surface area (Å²) in [5.41, 5.74) is -1.31. The number of hydrogen-bond donors (Lipinski definition) is 1. The third-order valence-electron chi connectivity index (χ3n) is 6.42. The Balaban J connectivity index is 1.81. The van der Waals surface area contributed by atoms with Crippen LogP contribution in [0.25, 0.3) is 0 Å². The molecule has 1 N–H and O–H groups in total. The van der Waals surface area contributed by atoms with E-state index in [-0.39, 0.29) is 18.5 Å². The molecule has 1 aliphatic carbocycles. The summed E-state index contributed by atoms with van der Waals surface area (Å²) in [5.74, 6) is -3.01. The first-order chi connectivity index (χ1) is 19.0. The number of rotatable bonds is 10. The molecule has 0 bridgehead atoms. The number of alkyl halides is 3. The van der Waals surface area contributed by atoms with Gasteiger partial charge in [-0.15, -0.1) is 0 Å².